The molecule has 0 aliphatic carbocycles. The molecule has 6 heterocycles. The van der Waals surface area contributed by atoms with Gasteiger partial charge in [0.15, 0.2) is 0 Å². The van der Waals surface area contributed by atoms with E-state index in [1.54, 1.807) is 97.1 Å². The molecule has 14 aromatic rings. The van der Waals surface area contributed by atoms with Crippen molar-refractivity contribution in [2.24, 2.45) is 0 Å². The van der Waals surface area contributed by atoms with Gasteiger partial charge in [-0.3, -0.25) is 62.4 Å². The monoisotopic (exact) mass is 1910 g/mol. The summed E-state index contributed by atoms with van der Waals surface area (Å²) >= 11 is 0. The fourth-order valence-electron chi connectivity index (χ4n) is 19.1. The number of anilines is 3. The Balaban J connectivity index is 0.000000183. The first kappa shape index (κ1) is 95.1. The van der Waals surface area contributed by atoms with Crippen molar-refractivity contribution in [1.29, 1.82) is 0 Å². The number of rotatable bonds is 28. The van der Waals surface area contributed by atoms with Crippen molar-refractivity contribution >= 4 is 87.9 Å². The van der Waals surface area contributed by atoms with E-state index in [0.717, 1.165) is 100 Å². The molecule has 12 amide bonds. The number of hydrogen-bond acceptors (Lipinski definition) is 18. The first-order valence-electron chi connectivity index (χ1n) is 47.5. The van der Waals surface area contributed by atoms with E-state index in [1.165, 1.54) is 46.7 Å². The van der Waals surface area contributed by atoms with Gasteiger partial charge in [0, 0.05) is 47.6 Å². The lowest BCUT2D eigenvalue weighted by Gasteiger charge is -2.26. The molecule has 0 saturated heterocycles. The average molecular weight is 1910 g/mol. The van der Waals surface area contributed by atoms with Crippen LogP contribution in [0.5, 0.6) is 69.0 Å². The van der Waals surface area contributed by atoms with E-state index in [9.17, 15) is 57.5 Å². The molecule has 6 aliphatic heterocycles. The fourth-order valence-corrected chi connectivity index (χ4v) is 19.1. The maximum absolute atomic E-state index is 14.3. The summed E-state index contributed by atoms with van der Waals surface area (Å²) in [6, 6.07) is 88.9. The third kappa shape index (κ3) is 17.9. The second kappa shape index (κ2) is 38.1. The molecular weight excluding hydrogens is 1810 g/mol. The molecule has 6 aliphatic rings. The van der Waals surface area contributed by atoms with E-state index < -0.39 is 52.2 Å². The van der Waals surface area contributed by atoms with E-state index in [4.69, 9.17) is 28.4 Å². The van der Waals surface area contributed by atoms with Crippen LogP contribution in [0.15, 0.2) is 315 Å². The summed E-state index contributed by atoms with van der Waals surface area (Å²) in [5, 5.41) is 1.07. The number of carbonyl (C=O) groups is 12. The van der Waals surface area contributed by atoms with Crippen molar-refractivity contribution in [2.75, 3.05) is 21.7 Å². The zero-order chi connectivity index (χ0) is 101. The molecule has 24 heteroatoms. The molecule has 0 atom stereocenters. The van der Waals surface area contributed by atoms with Crippen LogP contribution in [0.2, 0.25) is 0 Å². The van der Waals surface area contributed by atoms with Gasteiger partial charge in [0.1, 0.15) is 69.0 Å². The van der Waals surface area contributed by atoms with Crippen LogP contribution in [-0.4, -0.2) is 92.9 Å². The Morgan fingerprint density at radius 2 is 0.458 bits per heavy atom. The first-order chi connectivity index (χ1) is 69.2. The van der Waals surface area contributed by atoms with E-state index in [0.29, 0.717) is 133 Å². The predicted molar refractivity (Wildman–Crippen MR) is 544 cm³/mol. The van der Waals surface area contributed by atoms with Gasteiger partial charge in [-0.05, 0) is 288 Å². The Bertz CT molecular complexity index is 7670. The molecule has 0 saturated carbocycles. The number of nitrogens with zero attached hydrogens (tertiary/aromatic N) is 6. The minimum atomic E-state index is -0.801. The minimum Gasteiger partial charge on any atom is -0.457 e. The van der Waals surface area contributed by atoms with Crippen LogP contribution in [0.25, 0.3) is 0 Å². The van der Waals surface area contributed by atoms with Gasteiger partial charge in [0.25, 0.3) is 70.9 Å². The highest BCUT2D eigenvalue weighted by Gasteiger charge is 2.47. The van der Waals surface area contributed by atoms with Crippen molar-refractivity contribution < 1.29 is 86.0 Å². The first-order valence-corrected chi connectivity index (χ1v) is 47.5. The van der Waals surface area contributed by atoms with Gasteiger partial charge in [0.2, 0.25) is 0 Å². The summed E-state index contributed by atoms with van der Waals surface area (Å²) < 4.78 is 36.8. The lowest BCUT2D eigenvalue weighted by Crippen LogP contribution is -2.49. The quantitative estimate of drug-likeness (QED) is 0.0412. The Kier molecular flexibility index (Phi) is 25.2. The number of ether oxygens (including phenoxy) is 6. The summed E-state index contributed by atoms with van der Waals surface area (Å²) in [5.41, 5.74) is 15.7. The molecule has 716 valence electrons. The highest BCUT2D eigenvalue weighted by atomic mass is 16.5. The molecule has 24 nitrogen and oxygen atoms in total. The molecule has 144 heavy (non-hydrogen) atoms. The third-order valence-electron chi connectivity index (χ3n) is 27.4. The fraction of sp³-hybridized carbons (Fsp3) is 0.167. The van der Waals surface area contributed by atoms with Gasteiger partial charge >= 0.3 is 0 Å². The SMILES string of the molecule is CCc1cc(Cc2cc(CC)c(N3C(=O)c4ccc(Oc5ccc(C(C)(C)c6ccc(Oc7ccc8c(c7)C(=O)N(C)C8=O)cc6)cc5)cc4C3=O)c(CC)c2)cc(CC)c1N1C(=O)C=CC1=O.Cc1ccc(Oc2ccc(C(C)(C)c3ccc(Oc4ccc(N5C(=O)c6ccc(Oc7ccc(C(C)(C)c8ccc(Oc9ccc%10c(c9)C(=O)N(N9C(=O)C=CC9=O)C%10=O)cc8)cc7)cc6C5=O)cc4)cc3)cc2)cc1. The molecule has 0 bridgehead atoms. The van der Waals surface area contributed by atoms with Crippen molar-refractivity contribution in [2.45, 2.75) is 125 Å². The van der Waals surface area contributed by atoms with Crippen molar-refractivity contribution in [3.63, 3.8) is 0 Å². The second-order valence-corrected chi connectivity index (χ2v) is 37.5. The van der Waals surface area contributed by atoms with Crippen LogP contribution in [0.3, 0.4) is 0 Å². The van der Waals surface area contributed by atoms with E-state index in [2.05, 4.69) is 77.9 Å². The Labute approximate surface area is 831 Å². The Morgan fingerprint density at radius 1 is 0.229 bits per heavy atom. The standard InChI is InChI=1S/C63H47N3O10.C57H51N3O8/c1-38-6-18-44(19-7-38)73-45-20-8-39(9-21-45)62(2,3)40-10-22-46(23-11-40)74-49-28-16-43(17-29-49)64-58(69)52-32-30-50(36-54(52)59(64)70)75-47-24-12-41(13-25-47)63(4,5)42-14-26-48(27-15-42)76-51-31-33-53-55(37-51)61(72)66(60(53)71)65-56(67)34-35-57(65)68;1-8-35-27-33(28-36(9-2)51(35)59-49(61)24-25-50(59)62)26-34-29-37(10-3)52(38(11-4)30-34)60-55(65)46-23-21-44(32-48(46)56(60)66)68-42-18-14-40(15-19-42)57(5,6)39-12-16-41(17-13-39)67-43-20-22-45-47(31-43)54(64)58(7)53(45)63/h6-37H,1-5H3;12-25,27-32H,8-11,26H2,1-7H3. The van der Waals surface area contributed by atoms with Crippen LogP contribution in [0.4, 0.5) is 17.1 Å². The second-order valence-electron chi connectivity index (χ2n) is 37.5. The lowest BCUT2D eigenvalue weighted by atomic mass is 9.78. The number of hydrazine groups is 1. The minimum absolute atomic E-state index is 0.0140. The van der Waals surface area contributed by atoms with Crippen molar-refractivity contribution in [3.05, 3.63) is 432 Å². The number of aryl methyl sites for hydroxylation is 5. The lowest BCUT2D eigenvalue weighted by molar-refractivity contribution is -0.148. The molecule has 14 aromatic carbocycles. The summed E-state index contributed by atoms with van der Waals surface area (Å²) in [5.74, 6) is 0.377. The number of benzene rings is 14. The highest BCUT2D eigenvalue weighted by Crippen LogP contribution is 2.45. The van der Waals surface area contributed by atoms with Crippen LogP contribution < -0.4 is 43.1 Å². The highest BCUT2D eigenvalue weighted by molar-refractivity contribution is 6.36. The smallest absolute Gasteiger partial charge is 0.281 e. The van der Waals surface area contributed by atoms with E-state index >= 15 is 0 Å². The molecular formula is C120H98N6O18. The summed E-state index contributed by atoms with van der Waals surface area (Å²) in [7, 11) is 1.46. The molecule has 0 N–H and O–H groups in total. The number of amides is 12. The number of hydrogen-bond donors (Lipinski definition) is 0. The van der Waals surface area contributed by atoms with E-state index in [1.807, 2.05) is 180 Å². The normalized spacial score (nSPS) is 14.3. The molecule has 0 unspecified atom stereocenters. The van der Waals surface area contributed by atoms with E-state index in [-0.39, 0.29) is 62.8 Å². The summed E-state index contributed by atoms with van der Waals surface area (Å²) in [6.07, 6.45) is 7.71. The number of carbonyl (C=O) groups excluding carboxylic acids is 12. The summed E-state index contributed by atoms with van der Waals surface area (Å²) in [4.78, 5) is 161. The zero-order valence-electron chi connectivity index (χ0n) is 81.1. The van der Waals surface area contributed by atoms with Gasteiger partial charge in [-0.2, -0.15) is 10.0 Å². The maximum Gasteiger partial charge on any atom is 0.281 e. The van der Waals surface area contributed by atoms with Crippen LogP contribution >= 0.6 is 0 Å². The number of fused-ring (bicyclic) bond motifs is 4. The van der Waals surface area contributed by atoms with Crippen LogP contribution in [0, 0.1) is 6.92 Å². The predicted octanol–water partition coefficient (Wildman–Crippen LogP) is 23.9. The van der Waals surface area contributed by atoms with Gasteiger partial charge in [0.05, 0.1) is 61.6 Å². The van der Waals surface area contributed by atoms with Gasteiger partial charge in [-0.25, -0.2) is 14.7 Å². The van der Waals surface area contributed by atoms with Gasteiger partial charge in [-0.1, -0.05) is 184 Å². The van der Waals surface area contributed by atoms with Crippen LogP contribution in [-0.2, 0) is 67.5 Å². The zero-order valence-corrected chi connectivity index (χ0v) is 81.1. The summed E-state index contributed by atoms with van der Waals surface area (Å²) in [6.45, 7) is 22.9. The van der Waals surface area contributed by atoms with Gasteiger partial charge in [-0.15, -0.1) is 0 Å². The largest absolute Gasteiger partial charge is 0.457 e. The molecule has 0 radical (unpaired) electrons. The molecule has 0 aromatic heterocycles. The topological polar surface area (TPSA) is 280 Å². The Morgan fingerprint density at radius 3 is 0.785 bits per heavy atom. The van der Waals surface area contributed by atoms with Crippen molar-refractivity contribution in [3.8, 4) is 69.0 Å². The average Bonchev–Trinajstić information content (AvgIpc) is 1.59. The maximum atomic E-state index is 14.3. The molecule has 0 fully saturated rings. The van der Waals surface area contributed by atoms with Crippen molar-refractivity contribution in [1.82, 2.24) is 14.9 Å². The Hall–Kier alpha value is -17.8. The molecule has 0 spiro atoms. The van der Waals surface area contributed by atoms with Crippen LogP contribution in [0.1, 0.15) is 224 Å². The number of imide groups is 6. The van der Waals surface area contributed by atoms with Gasteiger partial charge < -0.3 is 28.4 Å². The third-order valence-corrected chi connectivity index (χ3v) is 27.4. The molecule has 20 rings (SSSR count).